The molecule has 0 bridgehead atoms. The van der Waals surface area contributed by atoms with Crippen molar-refractivity contribution in [2.45, 2.75) is 30.8 Å². The van der Waals surface area contributed by atoms with E-state index in [9.17, 15) is 0 Å². The fraction of sp³-hybridized carbons (Fsp3) is 0.385. The van der Waals surface area contributed by atoms with Crippen molar-refractivity contribution in [3.63, 3.8) is 0 Å². The molecule has 1 atom stereocenters. The lowest BCUT2D eigenvalue weighted by Crippen LogP contribution is -2.32. The van der Waals surface area contributed by atoms with Crippen molar-refractivity contribution in [1.82, 2.24) is 20.2 Å². The molecule has 108 valence electrons. The minimum atomic E-state index is -0.0481. The number of thioether (sulfide) groups is 1. The molecule has 0 saturated heterocycles. The van der Waals surface area contributed by atoms with Crippen LogP contribution in [0.15, 0.2) is 35.5 Å². The molecule has 1 aromatic heterocycles. The number of halogens is 1. The van der Waals surface area contributed by atoms with E-state index in [4.69, 9.17) is 17.4 Å². The summed E-state index contributed by atoms with van der Waals surface area (Å²) in [5, 5.41) is 4.96. The van der Waals surface area contributed by atoms with E-state index in [1.807, 2.05) is 28.9 Å². The molecule has 1 unspecified atom stereocenters. The van der Waals surface area contributed by atoms with Gasteiger partial charge in [0.2, 0.25) is 0 Å². The van der Waals surface area contributed by atoms with Crippen molar-refractivity contribution in [1.29, 1.82) is 0 Å². The van der Waals surface area contributed by atoms with Gasteiger partial charge in [-0.25, -0.2) is 15.1 Å². The molecule has 3 N–H and O–H groups in total. The van der Waals surface area contributed by atoms with Crippen LogP contribution in [0, 0.1) is 0 Å². The van der Waals surface area contributed by atoms with Crippen molar-refractivity contribution in [3.8, 4) is 0 Å². The summed E-state index contributed by atoms with van der Waals surface area (Å²) in [5.74, 6) is 7.28. The first-order valence-corrected chi connectivity index (χ1v) is 7.83. The second-order valence-electron chi connectivity index (χ2n) is 4.33. The summed E-state index contributed by atoms with van der Waals surface area (Å²) in [4.78, 5) is 5.42. The van der Waals surface area contributed by atoms with Gasteiger partial charge in [-0.05, 0) is 24.6 Å². The van der Waals surface area contributed by atoms with Gasteiger partial charge in [-0.3, -0.25) is 5.84 Å². The number of nitrogens with two attached hydrogens (primary N) is 1. The van der Waals surface area contributed by atoms with Crippen LogP contribution in [0.5, 0.6) is 0 Å². The molecule has 20 heavy (non-hydrogen) atoms. The van der Waals surface area contributed by atoms with E-state index in [0.717, 1.165) is 34.5 Å². The van der Waals surface area contributed by atoms with E-state index in [0.29, 0.717) is 0 Å². The highest BCUT2D eigenvalue weighted by Gasteiger charge is 2.16. The summed E-state index contributed by atoms with van der Waals surface area (Å²) >= 11 is 7.66. The average molecular weight is 312 g/mol. The summed E-state index contributed by atoms with van der Waals surface area (Å²) in [6.45, 7) is 2.95. The first kappa shape index (κ1) is 15.3. The van der Waals surface area contributed by atoms with E-state index >= 15 is 0 Å². The van der Waals surface area contributed by atoms with Crippen LogP contribution < -0.4 is 11.3 Å². The maximum atomic E-state index is 5.98. The number of nitrogens with zero attached hydrogens (tertiary/aromatic N) is 3. The Labute approximate surface area is 127 Å². The van der Waals surface area contributed by atoms with E-state index in [2.05, 4.69) is 22.4 Å². The Morgan fingerprint density at radius 1 is 1.50 bits per heavy atom. The molecule has 1 heterocycles. The summed E-state index contributed by atoms with van der Waals surface area (Å²) in [5.41, 5.74) is 2.81. The molecule has 0 aliphatic heterocycles. The van der Waals surface area contributed by atoms with Crippen LogP contribution in [0.4, 0.5) is 0 Å². The van der Waals surface area contributed by atoms with Crippen molar-refractivity contribution in [2.75, 3.05) is 5.75 Å². The van der Waals surface area contributed by atoms with Gasteiger partial charge in [0.05, 0.1) is 6.04 Å². The smallest absolute Gasteiger partial charge is 0.146 e. The van der Waals surface area contributed by atoms with Gasteiger partial charge in [-0.2, -0.15) is 5.10 Å². The lowest BCUT2D eigenvalue weighted by atomic mass is 10.3. The highest BCUT2D eigenvalue weighted by atomic mass is 35.5. The first-order valence-electron chi connectivity index (χ1n) is 6.46. The van der Waals surface area contributed by atoms with Crippen molar-refractivity contribution in [2.24, 2.45) is 5.84 Å². The van der Waals surface area contributed by atoms with Gasteiger partial charge in [0.1, 0.15) is 12.2 Å². The summed E-state index contributed by atoms with van der Waals surface area (Å²) < 4.78 is 1.89. The van der Waals surface area contributed by atoms with Crippen LogP contribution in [0.3, 0.4) is 0 Å². The SMILES string of the molecule is CCCn1ncnc1C(CSc1cccc(Cl)c1)NN. The third-order valence-electron chi connectivity index (χ3n) is 2.81. The third kappa shape index (κ3) is 3.96. The number of aryl methyl sites for hydroxylation is 1. The van der Waals surface area contributed by atoms with E-state index in [-0.39, 0.29) is 6.04 Å². The van der Waals surface area contributed by atoms with Gasteiger partial charge < -0.3 is 0 Å². The predicted octanol–water partition coefficient (Wildman–Crippen LogP) is 2.64. The summed E-state index contributed by atoms with van der Waals surface area (Å²) in [6, 6.07) is 7.72. The fourth-order valence-corrected chi connectivity index (χ4v) is 3.11. The number of aromatic nitrogens is 3. The molecule has 7 heteroatoms. The molecule has 1 aromatic carbocycles. The van der Waals surface area contributed by atoms with Gasteiger partial charge in [0.15, 0.2) is 0 Å². The molecule has 0 saturated carbocycles. The maximum absolute atomic E-state index is 5.98. The first-order chi connectivity index (χ1) is 9.74. The van der Waals surface area contributed by atoms with Crippen LogP contribution in [-0.4, -0.2) is 20.5 Å². The Bertz CT molecular complexity index is 545. The van der Waals surface area contributed by atoms with E-state index in [1.165, 1.54) is 0 Å². The minimum absolute atomic E-state index is 0.0481. The number of hydrogen-bond donors (Lipinski definition) is 2. The molecule has 5 nitrogen and oxygen atoms in total. The monoisotopic (exact) mass is 311 g/mol. The van der Waals surface area contributed by atoms with Gasteiger partial charge in [0, 0.05) is 22.2 Å². The number of hydrogen-bond acceptors (Lipinski definition) is 5. The second kappa shape index (κ2) is 7.64. The maximum Gasteiger partial charge on any atom is 0.146 e. The topological polar surface area (TPSA) is 68.8 Å². The van der Waals surface area contributed by atoms with Crippen LogP contribution in [0.2, 0.25) is 5.02 Å². The Morgan fingerprint density at radius 2 is 2.35 bits per heavy atom. The predicted molar refractivity (Wildman–Crippen MR) is 82.6 cm³/mol. The molecule has 0 radical (unpaired) electrons. The Morgan fingerprint density at radius 3 is 3.05 bits per heavy atom. The van der Waals surface area contributed by atoms with Gasteiger partial charge >= 0.3 is 0 Å². The molecule has 0 aliphatic carbocycles. The lowest BCUT2D eigenvalue weighted by Gasteiger charge is -2.15. The van der Waals surface area contributed by atoms with Crippen LogP contribution in [-0.2, 0) is 6.54 Å². The Hall–Kier alpha value is -1.08. The molecule has 0 spiro atoms. The zero-order valence-electron chi connectivity index (χ0n) is 11.3. The van der Waals surface area contributed by atoms with E-state index < -0.39 is 0 Å². The molecule has 2 rings (SSSR count). The quantitative estimate of drug-likeness (QED) is 0.467. The van der Waals surface area contributed by atoms with Crippen LogP contribution in [0.25, 0.3) is 0 Å². The largest absolute Gasteiger partial charge is 0.271 e. The van der Waals surface area contributed by atoms with Crippen molar-refractivity contribution in [3.05, 3.63) is 41.4 Å². The fourth-order valence-electron chi connectivity index (χ4n) is 1.86. The summed E-state index contributed by atoms with van der Waals surface area (Å²) in [7, 11) is 0. The number of benzene rings is 1. The zero-order chi connectivity index (χ0) is 14.4. The molecule has 2 aromatic rings. The van der Waals surface area contributed by atoms with E-state index in [1.54, 1.807) is 18.1 Å². The second-order valence-corrected chi connectivity index (χ2v) is 5.86. The lowest BCUT2D eigenvalue weighted by molar-refractivity contribution is 0.498. The molecule has 0 amide bonds. The zero-order valence-corrected chi connectivity index (χ0v) is 12.9. The van der Waals surface area contributed by atoms with Crippen molar-refractivity contribution >= 4 is 23.4 Å². The Balaban J connectivity index is 2.03. The van der Waals surface area contributed by atoms with Gasteiger partial charge in [-0.1, -0.05) is 24.6 Å². The van der Waals surface area contributed by atoms with Crippen LogP contribution >= 0.6 is 23.4 Å². The van der Waals surface area contributed by atoms with Gasteiger partial charge in [0.25, 0.3) is 0 Å². The third-order valence-corrected chi connectivity index (χ3v) is 4.13. The number of hydrazine groups is 1. The van der Waals surface area contributed by atoms with Crippen molar-refractivity contribution < 1.29 is 0 Å². The number of rotatable bonds is 7. The molecular formula is C13H18ClN5S. The standard InChI is InChI=1S/C13H18ClN5S/c1-2-6-19-13(16-9-17-19)12(18-15)8-20-11-5-3-4-10(14)7-11/h3-5,7,9,12,18H,2,6,8,15H2,1H3. The average Bonchev–Trinajstić information content (AvgIpc) is 2.89. The summed E-state index contributed by atoms with van der Waals surface area (Å²) in [6.07, 6.45) is 2.58. The minimum Gasteiger partial charge on any atom is -0.271 e. The van der Waals surface area contributed by atoms with Crippen LogP contribution in [0.1, 0.15) is 25.2 Å². The number of nitrogens with one attached hydrogen (secondary N) is 1. The Kier molecular flexibility index (Phi) is 5.85. The highest BCUT2D eigenvalue weighted by Crippen LogP contribution is 2.25. The molecule has 0 fully saturated rings. The molecule has 0 aliphatic rings. The highest BCUT2D eigenvalue weighted by molar-refractivity contribution is 7.99. The normalized spacial score (nSPS) is 12.6. The molecular weight excluding hydrogens is 294 g/mol. The van der Waals surface area contributed by atoms with Gasteiger partial charge in [-0.15, -0.1) is 11.8 Å².